The summed E-state index contributed by atoms with van der Waals surface area (Å²) in [6.07, 6.45) is 0.399. The van der Waals surface area contributed by atoms with Crippen LogP contribution < -0.4 is 10.1 Å². The lowest BCUT2D eigenvalue weighted by molar-refractivity contribution is -0.120. The van der Waals surface area contributed by atoms with Crippen molar-refractivity contribution in [2.75, 3.05) is 13.7 Å². The normalized spacial score (nSPS) is 9.80. The van der Waals surface area contributed by atoms with Gasteiger partial charge in [0.25, 0.3) is 0 Å². The minimum atomic E-state index is 0.0366. The summed E-state index contributed by atoms with van der Waals surface area (Å²) in [6.45, 7) is 2.57. The standard InChI is InChI=1S/C11H14BrNO2/c1-3-13-11(14)7-8-4-5-10(15-2)9(12)6-8/h4-6H,3,7H2,1-2H3,(H,13,14). The molecule has 0 saturated carbocycles. The molecule has 1 N–H and O–H groups in total. The molecule has 3 nitrogen and oxygen atoms in total. The highest BCUT2D eigenvalue weighted by Crippen LogP contribution is 2.25. The molecule has 1 aromatic rings. The van der Waals surface area contributed by atoms with Gasteiger partial charge in [-0.05, 0) is 40.5 Å². The van der Waals surface area contributed by atoms with E-state index in [4.69, 9.17) is 4.74 Å². The van der Waals surface area contributed by atoms with Crippen LogP contribution in [0.1, 0.15) is 12.5 Å². The predicted molar refractivity (Wildman–Crippen MR) is 63.1 cm³/mol. The van der Waals surface area contributed by atoms with Gasteiger partial charge in [0.05, 0.1) is 18.0 Å². The molecule has 0 radical (unpaired) electrons. The number of amides is 1. The molecule has 15 heavy (non-hydrogen) atoms. The van der Waals surface area contributed by atoms with E-state index in [1.165, 1.54) is 0 Å². The van der Waals surface area contributed by atoms with Gasteiger partial charge in [-0.15, -0.1) is 0 Å². The molecule has 0 aliphatic heterocycles. The smallest absolute Gasteiger partial charge is 0.224 e. The Morgan fingerprint density at radius 2 is 2.27 bits per heavy atom. The van der Waals surface area contributed by atoms with E-state index in [9.17, 15) is 4.79 Å². The zero-order valence-corrected chi connectivity index (χ0v) is 10.4. The molecule has 0 heterocycles. The zero-order valence-electron chi connectivity index (χ0n) is 8.84. The van der Waals surface area contributed by atoms with E-state index < -0.39 is 0 Å². The Labute approximate surface area is 97.9 Å². The molecule has 0 bridgehead atoms. The van der Waals surface area contributed by atoms with E-state index in [0.29, 0.717) is 13.0 Å². The average Bonchev–Trinajstić information content (AvgIpc) is 2.18. The fraction of sp³-hybridized carbons (Fsp3) is 0.364. The third kappa shape index (κ3) is 3.55. The molecule has 0 unspecified atom stereocenters. The summed E-state index contributed by atoms with van der Waals surface area (Å²) in [4.78, 5) is 11.3. The maximum atomic E-state index is 11.3. The lowest BCUT2D eigenvalue weighted by Gasteiger charge is -2.06. The Morgan fingerprint density at radius 3 is 2.80 bits per heavy atom. The number of methoxy groups -OCH3 is 1. The number of rotatable bonds is 4. The Balaban J connectivity index is 2.71. The third-order valence-electron chi connectivity index (χ3n) is 1.95. The van der Waals surface area contributed by atoms with Gasteiger partial charge in [0, 0.05) is 6.54 Å². The molecule has 0 spiro atoms. The summed E-state index contributed by atoms with van der Waals surface area (Å²) < 4.78 is 5.97. The van der Waals surface area contributed by atoms with E-state index in [2.05, 4.69) is 21.2 Å². The Morgan fingerprint density at radius 1 is 1.53 bits per heavy atom. The van der Waals surface area contributed by atoms with E-state index in [1.54, 1.807) is 7.11 Å². The molecule has 0 aliphatic rings. The number of halogens is 1. The second-order valence-electron chi connectivity index (χ2n) is 3.10. The van der Waals surface area contributed by atoms with Crippen LogP contribution in [0.15, 0.2) is 22.7 Å². The molecular weight excluding hydrogens is 258 g/mol. The molecule has 0 aliphatic carbocycles. The van der Waals surface area contributed by atoms with Crippen molar-refractivity contribution in [2.24, 2.45) is 0 Å². The predicted octanol–water partition coefficient (Wildman–Crippen LogP) is 2.14. The highest BCUT2D eigenvalue weighted by Gasteiger charge is 2.05. The molecule has 1 rings (SSSR count). The summed E-state index contributed by atoms with van der Waals surface area (Å²) in [6, 6.07) is 5.63. The van der Waals surface area contributed by atoms with Gasteiger partial charge in [0.15, 0.2) is 0 Å². The number of likely N-dealkylation sites (N-methyl/N-ethyl adjacent to an activating group) is 1. The van der Waals surface area contributed by atoms with E-state index in [-0.39, 0.29) is 5.91 Å². The number of carbonyl (C=O) groups is 1. The molecular formula is C11H14BrNO2. The molecule has 0 atom stereocenters. The van der Waals surface area contributed by atoms with Gasteiger partial charge in [-0.1, -0.05) is 6.07 Å². The first kappa shape index (κ1) is 12.0. The molecule has 0 saturated heterocycles. The van der Waals surface area contributed by atoms with Crippen molar-refractivity contribution < 1.29 is 9.53 Å². The maximum Gasteiger partial charge on any atom is 0.224 e. The molecule has 4 heteroatoms. The highest BCUT2D eigenvalue weighted by atomic mass is 79.9. The van der Waals surface area contributed by atoms with Crippen LogP contribution in [-0.4, -0.2) is 19.6 Å². The lowest BCUT2D eigenvalue weighted by atomic mass is 10.1. The summed E-state index contributed by atoms with van der Waals surface area (Å²) >= 11 is 3.38. The Hall–Kier alpha value is -1.03. The third-order valence-corrected chi connectivity index (χ3v) is 2.57. The number of ether oxygens (including phenoxy) is 1. The zero-order chi connectivity index (χ0) is 11.3. The van der Waals surface area contributed by atoms with Crippen molar-refractivity contribution in [1.29, 1.82) is 0 Å². The fourth-order valence-corrected chi connectivity index (χ4v) is 1.85. The molecule has 0 fully saturated rings. The topological polar surface area (TPSA) is 38.3 Å². The maximum absolute atomic E-state index is 11.3. The van der Waals surface area contributed by atoms with Gasteiger partial charge in [-0.3, -0.25) is 4.79 Å². The van der Waals surface area contributed by atoms with Gasteiger partial charge in [-0.2, -0.15) is 0 Å². The van der Waals surface area contributed by atoms with Crippen LogP contribution in [0.4, 0.5) is 0 Å². The fourth-order valence-electron chi connectivity index (χ4n) is 1.26. The minimum absolute atomic E-state index is 0.0366. The molecule has 1 aromatic carbocycles. The van der Waals surface area contributed by atoms with Crippen molar-refractivity contribution in [1.82, 2.24) is 5.32 Å². The molecule has 82 valence electrons. The van der Waals surface area contributed by atoms with Crippen molar-refractivity contribution in [3.63, 3.8) is 0 Å². The van der Waals surface area contributed by atoms with Crippen molar-refractivity contribution >= 4 is 21.8 Å². The van der Waals surface area contributed by atoms with Crippen LogP contribution in [0.25, 0.3) is 0 Å². The van der Waals surface area contributed by atoms with Gasteiger partial charge >= 0.3 is 0 Å². The van der Waals surface area contributed by atoms with Crippen LogP contribution in [0, 0.1) is 0 Å². The van der Waals surface area contributed by atoms with Gasteiger partial charge in [-0.25, -0.2) is 0 Å². The first-order valence-corrected chi connectivity index (χ1v) is 5.55. The SMILES string of the molecule is CCNC(=O)Cc1ccc(OC)c(Br)c1. The quantitative estimate of drug-likeness (QED) is 0.911. The van der Waals surface area contributed by atoms with Crippen molar-refractivity contribution in [3.05, 3.63) is 28.2 Å². The minimum Gasteiger partial charge on any atom is -0.496 e. The second-order valence-corrected chi connectivity index (χ2v) is 3.95. The first-order valence-electron chi connectivity index (χ1n) is 4.76. The monoisotopic (exact) mass is 271 g/mol. The van der Waals surface area contributed by atoms with E-state index >= 15 is 0 Å². The Kier molecular flexibility index (Phi) is 4.62. The Bertz CT molecular complexity index is 352. The highest BCUT2D eigenvalue weighted by molar-refractivity contribution is 9.10. The number of carbonyl (C=O) groups excluding carboxylic acids is 1. The van der Waals surface area contributed by atoms with Crippen LogP contribution in [0.5, 0.6) is 5.75 Å². The van der Waals surface area contributed by atoms with Gasteiger partial charge in [0.2, 0.25) is 5.91 Å². The lowest BCUT2D eigenvalue weighted by Crippen LogP contribution is -2.24. The van der Waals surface area contributed by atoms with Gasteiger partial charge in [0.1, 0.15) is 5.75 Å². The summed E-state index contributed by atoms with van der Waals surface area (Å²) in [5, 5.41) is 2.76. The van der Waals surface area contributed by atoms with Crippen LogP contribution in [-0.2, 0) is 11.2 Å². The summed E-state index contributed by atoms with van der Waals surface area (Å²) in [5.41, 5.74) is 0.966. The van der Waals surface area contributed by atoms with Crippen LogP contribution >= 0.6 is 15.9 Å². The van der Waals surface area contributed by atoms with Crippen molar-refractivity contribution in [3.8, 4) is 5.75 Å². The number of hydrogen-bond donors (Lipinski definition) is 1. The van der Waals surface area contributed by atoms with Crippen LogP contribution in [0.3, 0.4) is 0 Å². The summed E-state index contributed by atoms with van der Waals surface area (Å²) in [7, 11) is 1.61. The number of benzene rings is 1. The van der Waals surface area contributed by atoms with E-state index in [1.807, 2.05) is 25.1 Å². The van der Waals surface area contributed by atoms with Gasteiger partial charge < -0.3 is 10.1 Å². The largest absolute Gasteiger partial charge is 0.496 e. The molecule has 0 aromatic heterocycles. The number of nitrogens with one attached hydrogen (secondary N) is 1. The molecule has 1 amide bonds. The summed E-state index contributed by atoms with van der Waals surface area (Å²) in [5.74, 6) is 0.809. The second kappa shape index (κ2) is 5.75. The van der Waals surface area contributed by atoms with E-state index in [0.717, 1.165) is 15.8 Å². The number of hydrogen-bond acceptors (Lipinski definition) is 2. The average molecular weight is 272 g/mol. The van der Waals surface area contributed by atoms with Crippen molar-refractivity contribution in [2.45, 2.75) is 13.3 Å². The van der Waals surface area contributed by atoms with Crippen LogP contribution in [0.2, 0.25) is 0 Å². The first-order chi connectivity index (χ1) is 7.17.